The normalized spacial score (nSPS) is 26.2. The van der Waals surface area contributed by atoms with Gasteiger partial charge in [-0.1, -0.05) is 24.9 Å². The molecule has 1 aliphatic rings. The van der Waals surface area contributed by atoms with Crippen LogP contribution in [0.5, 0.6) is 0 Å². The first-order valence-electron chi connectivity index (χ1n) is 6.96. The molecule has 0 aliphatic heterocycles. The fourth-order valence-corrected chi connectivity index (χ4v) is 3.40. The average Bonchev–Trinajstić information content (AvgIpc) is 3.00. The number of benzene rings is 1. The van der Waals surface area contributed by atoms with Gasteiger partial charge in [-0.05, 0) is 37.0 Å². The average molecular weight is 293 g/mol. The van der Waals surface area contributed by atoms with Gasteiger partial charge in [0.05, 0.1) is 17.0 Å². The molecule has 0 bridgehead atoms. The van der Waals surface area contributed by atoms with Crippen molar-refractivity contribution in [2.45, 2.75) is 32.1 Å². The Hall–Kier alpha value is -1.55. The smallest absolute Gasteiger partial charge is 0.307 e. The van der Waals surface area contributed by atoms with E-state index in [1.807, 2.05) is 12.1 Å². The molecule has 1 saturated carbocycles. The third kappa shape index (κ3) is 2.29. The summed E-state index contributed by atoms with van der Waals surface area (Å²) < 4.78 is 0. The monoisotopic (exact) mass is 292 g/mol. The Morgan fingerprint density at radius 1 is 1.50 bits per heavy atom. The molecule has 106 valence electrons. The van der Waals surface area contributed by atoms with Crippen LogP contribution in [0.25, 0.3) is 11.0 Å². The van der Waals surface area contributed by atoms with Gasteiger partial charge in [0.15, 0.2) is 0 Å². The first-order chi connectivity index (χ1) is 9.58. The van der Waals surface area contributed by atoms with Crippen LogP contribution in [0.4, 0.5) is 0 Å². The van der Waals surface area contributed by atoms with Crippen molar-refractivity contribution in [1.82, 2.24) is 9.97 Å². The number of fused-ring (bicyclic) bond motifs is 1. The molecule has 2 aromatic rings. The summed E-state index contributed by atoms with van der Waals surface area (Å²) in [7, 11) is 0. The highest BCUT2D eigenvalue weighted by Gasteiger charge is 2.40. The number of aromatic amines is 1. The summed E-state index contributed by atoms with van der Waals surface area (Å²) >= 11 is 5.97. The molecule has 1 aromatic carbocycles. The molecule has 1 heterocycles. The van der Waals surface area contributed by atoms with Crippen LogP contribution >= 0.6 is 11.6 Å². The molecular formula is C15H17ClN2O2. The Bertz CT molecular complexity index is 652. The van der Waals surface area contributed by atoms with Gasteiger partial charge in [-0.3, -0.25) is 4.79 Å². The molecule has 0 saturated heterocycles. The lowest BCUT2D eigenvalue weighted by molar-refractivity contribution is -0.142. The predicted octanol–water partition coefficient (Wildman–Crippen LogP) is 3.82. The summed E-state index contributed by atoms with van der Waals surface area (Å²) in [6, 6.07) is 5.49. The number of halogens is 1. The van der Waals surface area contributed by atoms with E-state index in [0.29, 0.717) is 10.9 Å². The number of rotatable bonds is 3. The number of aliphatic carboxylic acids is 1. The molecule has 1 aromatic heterocycles. The lowest BCUT2D eigenvalue weighted by Crippen LogP contribution is -2.17. The first kappa shape index (κ1) is 13.4. The quantitative estimate of drug-likeness (QED) is 0.904. The van der Waals surface area contributed by atoms with Crippen molar-refractivity contribution in [2.24, 2.45) is 11.8 Å². The fourth-order valence-electron chi connectivity index (χ4n) is 3.23. The summed E-state index contributed by atoms with van der Waals surface area (Å²) in [6.45, 7) is 2.12. The van der Waals surface area contributed by atoms with E-state index in [4.69, 9.17) is 11.6 Å². The van der Waals surface area contributed by atoms with Crippen LogP contribution < -0.4 is 0 Å². The maximum absolute atomic E-state index is 11.5. The number of hydrogen-bond acceptors (Lipinski definition) is 2. The van der Waals surface area contributed by atoms with Crippen LogP contribution in [0, 0.1) is 11.8 Å². The van der Waals surface area contributed by atoms with Crippen molar-refractivity contribution < 1.29 is 9.90 Å². The number of hydrogen-bond donors (Lipinski definition) is 2. The SMILES string of the molecule is CCC1CC(C(=O)O)C(c2nc3ccc(Cl)cc3[nH]2)C1. The van der Waals surface area contributed by atoms with Gasteiger partial charge in [0.2, 0.25) is 0 Å². The van der Waals surface area contributed by atoms with Crippen LogP contribution in [0.3, 0.4) is 0 Å². The number of nitrogens with one attached hydrogen (secondary N) is 1. The first-order valence-corrected chi connectivity index (χ1v) is 7.34. The molecule has 4 nitrogen and oxygen atoms in total. The molecule has 1 aliphatic carbocycles. The van der Waals surface area contributed by atoms with Crippen molar-refractivity contribution >= 4 is 28.6 Å². The summed E-state index contributed by atoms with van der Waals surface area (Å²) in [6.07, 6.45) is 2.65. The van der Waals surface area contributed by atoms with Crippen molar-refractivity contribution in [3.05, 3.63) is 29.0 Å². The zero-order valence-electron chi connectivity index (χ0n) is 11.3. The lowest BCUT2D eigenvalue weighted by atomic mass is 9.96. The molecule has 3 rings (SSSR count). The molecule has 3 unspecified atom stereocenters. The van der Waals surface area contributed by atoms with Gasteiger partial charge in [0.1, 0.15) is 5.82 Å². The summed E-state index contributed by atoms with van der Waals surface area (Å²) in [4.78, 5) is 19.3. The van der Waals surface area contributed by atoms with Gasteiger partial charge in [0.25, 0.3) is 0 Å². The minimum absolute atomic E-state index is 0.0244. The van der Waals surface area contributed by atoms with Gasteiger partial charge in [-0.2, -0.15) is 0 Å². The highest BCUT2D eigenvalue weighted by Crippen LogP contribution is 2.44. The van der Waals surface area contributed by atoms with Crippen molar-refractivity contribution in [3.63, 3.8) is 0 Å². The minimum atomic E-state index is -0.718. The van der Waals surface area contributed by atoms with Gasteiger partial charge >= 0.3 is 5.97 Å². The molecule has 5 heteroatoms. The molecule has 2 N–H and O–H groups in total. The number of carboxylic acids is 1. The van der Waals surface area contributed by atoms with Crippen LogP contribution in [0.1, 0.15) is 37.9 Å². The number of imidazole rings is 1. The Morgan fingerprint density at radius 2 is 2.30 bits per heavy atom. The largest absolute Gasteiger partial charge is 0.481 e. The molecule has 3 atom stereocenters. The van der Waals surface area contributed by atoms with Gasteiger partial charge in [0, 0.05) is 10.9 Å². The maximum atomic E-state index is 11.5. The Kier molecular flexibility index (Phi) is 3.42. The molecular weight excluding hydrogens is 276 g/mol. The van der Waals surface area contributed by atoms with Gasteiger partial charge in [-0.15, -0.1) is 0 Å². The van der Waals surface area contributed by atoms with E-state index in [-0.39, 0.29) is 11.8 Å². The Balaban J connectivity index is 1.98. The standard InChI is InChI=1S/C15H17ClN2O2/c1-2-8-5-10(11(6-8)15(19)20)14-17-12-4-3-9(16)7-13(12)18-14/h3-4,7-8,10-11H,2,5-6H2,1H3,(H,17,18)(H,19,20). The Labute approximate surface area is 122 Å². The number of carbonyl (C=O) groups is 1. The van der Waals surface area contributed by atoms with Crippen LogP contribution in [0.15, 0.2) is 18.2 Å². The molecule has 20 heavy (non-hydrogen) atoms. The van der Waals surface area contributed by atoms with Crippen molar-refractivity contribution in [1.29, 1.82) is 0 Å². The highest BCUT2D eigenvalue weighted by atomic mass is 35.5. The van der Waals surface area contributed by atoms with Crippen LogP contribution in [-0.2, 0) is 4.79 Å². The van der Waals surface area contributed by atoms with Crippen molar-refractivity contribution in [2.75, 3.05) is 0 Å². The minimum Gasteiger partial charge on any atom is -0.481 e. The van der Waals surface area contributed by atoms with E-state index in [1.54, 1.807) is 6.07 Å². The van der Waals surface area contributed by atoms with E-state index >= 15 is 0 Å². The number of carboxylic acid groups (broad SMARTS) is 1. The number of H-pyrrole nitrogens is 1. The van der Waals surface area contributed by atoms with E-state index in [9.17, 15) is 9.90 Å². The van der Waals surface area contributed by atoms with E-state index < -0.39 is 5.97 Å². The molecule has 0 spiro atoms. The number of nitrogens with zero attached hydrogens (tertiary/aromatic N) is 1. The zero-order valence-corrected chi connectivity index (χ0v) is 12.0. The summed E-state index contributed by atoms with van der Waals surface area (Å²) in [5.74, 6) is 0.174. The topological polar surface area (TPSA) is 66.0 Å². The van der Waals surface area contributed by atoms with E-state index in [0.717, 1.165) is 36.1 Å². The summed E-state index contributed by atoms with van der Waals surface area (Å²) in [5, 5.41) is 10.1. The van der Waals surface area contributed by atoms with Gasteiger partial charge in [-0.25, -0.2) is 4.98 Å². The third-order valence-electron chi connectivity index (χ3n) is 4.37. The highest BCUT2D eigenvalue weighted by molar-refractivity contribution is 6.31. The predicted molar refractivity (Wildman–Crippen MR) is 78.0 cm³/mol. The van der Waals surface area contributed by atoms with Crippen LogP contribution in [0.2, 0.25) is 5.02 Å². The van der Waals surface area contributed by atoms with E-state index in [1.165, 1.54) is 0 Å². The second-order valence-corrected chi connectivity index (χ2v) is 6.02. The molecule has 1 fully saturated rings. The fraction of sp³-hybridized carbons (Fsp3) is 0.467. The van der Waals surface area contributed by atoms with Gasteiger partial charge < -0.3 is 10.1 Å². The molecule has 0 radical (unpaired) electrons. The lowest BCUT2D eigenvalue weighted by Gasteiger charge is -2.12. The third-order valence-corrected chi connectivity index (χ3v) is 4.60. The van der Waals surface area contributed by atoms with E-state index in [2.05, 4.69) is 16.9 Å². The second kappa shape index (κ2) is 5.09. The summed E-state index contributed by atoms with van der Waals surface area (Å²) in [5.41, 5.74) is 1.71. The number of aromatic nitrogens is 2. The van der Waals surface area contributed by atoms with Crippen molar-refractivity contribution in [3.8, 4) is 0 Å². The Morgan fingerprint density at radius 3 is 3.00 bits per heavy atom. The maximum Gasteiger partial charge on any atom is 0.307 e. The molecule has 0 amide bonds. The second-order valence-electron chi connectivity index (χ2n) is 5.58. The van der Waals surface area contributed by atoms with Crippen LogP contribution in [-0.4, -0.2) is 21.0 Å². The zero-order chi connectivity index (χ0) is 14.3.